The fraction of sp³-hybridized carbons (Fsp3) is 0.0400. The number of benzene rings is 4. The van der Waals surface area contributed by atoms with Crippen LogP contribution in [0.2, 0.25) is 10.0 Å². The standard InChI is InChI=1S/C25H15Cl2F3N6OS/c26-19-2-1-3-20(27)23(19)32-24(38)34-31-13-14-4-10-18-15(12-14)5-11-21-22(18)33-35-36(21)16-6-8-17(9-7-16)37-25(28,29)30/h1-13H,(H2,32,34,38)/b31-13+. The fourth-order valence-corrected chi connectivity index (χ4v) is 4.36. The van der Waals surface area contributed by atoms with Crippen molar-refractivity contribution in [1.29, 1.82) is 0 Å². The van der Waals surface area contributed by atoms with Crippen LogP contribution in [-0.4, -0.2) is 32.7 Å². The third-order valence-electron chi connectivity index (χ3n) is 5.35. The van der Waals surface area contributed by atoms with Gasteiger partial charge in [-0.15, -0.1) is 18.3 Å². The number of hydrogen-bond donors (Lipinski definition) is 2. The molecule has 2 N–H and O–H groups in total. The molecule has 0 aliphatic carbocycles. The van der Waals surface area contributed by atoms with Crippen molar-refractivity contribution in [3.63, 3.8) is 0 Å². The third-order valence-corrected chi connectivity index (χ3v) is 6.18. The van der Waals surface area contributed by atoms with Crippen LogP contribution in [-0.2, 0) is 0 Å². The summed E-state index contributed by atoms with van der Waals surface area (Å²) in [5, 5.41) is 18.4. The zero-order chi connectivity index (χ0) is 26.9. The molecule has 5 rings (SSSR count). The van der Waals surface area contributed by atoms with E-state index in [1.807, 2.05) is 30.3 Å². The molecule has 0 aliphatic rings. The highest BCUT2D eigenvalue weighted by Gasteiger charge is 2.31. The van der Waals surface area contributed by atoms with E-state index in [1.165, 1.54) is 24.3 Å². The second-order valence-electron chi connectivity index (χ2n) is 7.88. The molecule has 0 radical (unpaired) electrons. The van der Waals surface area contributed by atoms with Gasteiger partial charge in [0.15, 0.2) is 5.11 Å². The van der Waals surface area contributed by atoms with Crippen LogP contribution in [0.1, 0.15) is 5.56 Å². The van der Waals surface area contributed by atoms with Gasteiger partial charge in [0, 0.05) is 5.39 Å². The van der Waals surface area contributed by atoms with Crippen molar-refractivity contribution in [3.8, 4) is 11.4 Å². The van der Waals surface area contributed by atoms with E-state index >= 15 is 0 Å². The molecule has 192 valence electrons. The molecule has 0 fully saturated rings. The average molecular weight is 575 g/mol. The summed E-state index contributed by atoms with van der Waals surface area (Å²) in [6.07, 6.45) is -3.15. The number of fused-ring (bicyclic) bond motifs is 3. The Hall–Kier alpha value is -3.93. The number of hydrogen-bond acceptors (Lipinski definition) is 5. The van der Waals surface area contributed by atoms with E-state index in [4.69, 9.17) is 35.4 Å². The maximum Gasteiger partial charge on any atom is 0.573 e. The molecule has 0 aliphatic heterocycles. The highest BCUT2D eigenvalue weighted by atomic mass is 35.5. The zero-order valence-corrected chi connectivity index (χ0v) is 21.3. The van der Waals surface area contributed by atoms with E-state index in [1.54, 1.807) is 29.1 Å². The Balaban J connectivity index is 1.32. The van der Waals surface area contributed by atoms with E-state index in [-0.39, 0.29) is 10.9 Å². The van der Waals surface area contributed by atoms with Gasteiger partial charge in [-0.25, -0.2) is 4.68 Å². The first kappa shape index (κ1) is 25.7. The molecule has 0 spiro atoms. The largest absolute Gasteiger partial charge is 0.573 e. The molecule has 13 heteroatoms. The molecule has 7 nitrogen and oxygen atoms in total. The highest BCUT2D eigenvalue weighted by Crippen LogP contribution is 2.30. The van der Waals surface area contributed by atoms with Crippen molar-refractivity contribution >= 4 is 74.2 Å². The number of anilines is 1. The quantitative estimate of drug-likeness (QED) is 0.132. The maximum absolute atomic E-state index is 12.4. The molecule has 0 bridgehead atoms. The van der Waals surface area contributed by atoms with E-state index in [0.717, 1.165) is 16.3 Å². The van der Waals surface area contributed by atoms with E-state index in [0.29, 0.717) is 32.5 Å². The number of hydrazone groups is 1. The van der Waals surface area contributed by atoms with Gasteiger partial charge < -0.3 is 10.1 Å². The van der Waals surface area contributed by atoms with Crippen molar-refractivity contribution in [2.75, 3.05) is 5.32 Å². The van der Waals surface area contributed by atoms with Crippen molar-refractivity contribution < 1.29 is 17.9 Å². The molecule has 0 amide bonds. The van der Waals surface area contributed by atoms with E-state index in [9.17, 15) is 13.2 Å². The number of thiocarbonyl (C=S) groups is 1. The Morgan fingerprint density at radius 3 is 2.45 bits per heavy atom. The summed E-state index contributed by atoms with van der Waals surface area (Å²) in [6, 6.07) is 19.9. The van der Waals surface area contributed by atoms with E-state index in [2.05, 4.69) is 30.9 Å². The van der Waals surface area contributed by atoms with Crippen LogP contribution < -0.4 is 15.5 Å². The number of para-hydroxylation sites is 1. The van der Waals surface area contributed by atoms with Gasteiger partial charge in [0.05, 0.1) is 33.2 Å². The number of halogens is 5. The second kappa shape index (κ2) is 10.4. The van der Waals surface area contributed by atoms with Crippen LogP contribution in [0.5, 0.6) is 5.75 Å². The van der Waals surface area contributed by atoms with Crippen LogP contribution in [0.4, 0.5) is 18.9 Å². The summed E-state index contributed by atoms with van der Waals surface area (Å²) in [5.74, 6) is -0.316. The molecule has 38 heavy (non-hydrogen) atoms. The van der Waals surface area contributed by atoms with Crippen molar-refractivity contribution in [3.05, 3.63) is 88.4 Å². The van der Waals surface area contributed by atoms with Crippen molar-refractivity contribution in [2.45, 2.75) is 6.36 Å². The number of nitrogens with one attached hydrogen (secondary N) is 2. The van der Waals surface area contributed by atoms with Gasteiger partial charge in [-0.1, -0.05) is 52.7 Å². The van der Waals surface area contributed by atoms with Crippen LogP contribution in [0.25, 0.3) is 27.5 Å². The minimum absolute atomic E-state index is 0.216. The Morgan fingerprint density at radius 2 is 1.74 bits per heavy atom. The molecule has 5 aromatic rings. The molecule has 1 heterocycles. The minimum atomic E-state index is -4.76. The summed E-state index contributed by atoms with van der Waals surface area (Å²) >= 11 is 17.5. The van der Waals surface area contributed by atoms with Gasteiger partial charge in [-0.2, -0.15) is 5.10 Å². The summed E-state index contributed by atoms with van der Waals surface area (Å²) in [7, 11) is 0. The average Bonchev–Trinajstić information content (AvgIpc) is 3.30. The van der Waals surface area contributed by atoms with Gasteiger partial charge in [0.1, 0.15) is 11.3 Å². The highest BCUT2D eigenvalue weighted by molar-refractivity contribution is 7.80. The van der Waals surface area contributed by atoms with Crippen molar-refractivity contribution in [1.82, 2.24) is 20.4 Å². The lowest BCUT2D eigenvalue weighted by Crippen LogP contribution is -2.24. The summed E-state index contributed by atoms with van der Waals surface area (Å²) < 4.78 is 42.8. The van der Waals surface area contributed by atoms with E-state index < -0.39 is 6.36 Å². The van der Waals surface area contributed by atoms with Crippen LogP contribution in [0, 0.1) is 0 Å². The summed E-state index contributed by atoms with van der Waals surface area (Å²) in [6.45, 7) is 0. The number of aromatic nitrogens is 3. The molecular formula is C25H15Cl2F3N6OS. The molecular weight excluding hydrogens is 560 g/mol. The first-order chi connectivity index (χ1) is 18.2. The Morgan fingerprint density at radius 1 is 1.00 bits per heavy atom. The van der Waals surface area contributed by atoms with Gasteiger partial charge in [0.25, 0.3) is 0 Å². The fourth-order valence-electron chi connectivity index (χ4n) is 3.72. The monoisotopic (exact) mass is 574 g/mol. The Labute approximate surface area is 228 Å². The molecule has 1 aromatic heterocycles. The molecule has 0 atom stereocenters. The van der Waals surface area contributed by atoms with Gasteiger partial charge in [-0.05, 0) is 71.7 Å². The summed E-state index contributed by atoms with van der Waals surface area (Å²) in [4.78, 5) is 0. The third kappa shape index (κ3) is 5.64. The second-order valence-corrected chi connectivity index (χ2v) is 9.10. The minimum Gasteiger partial charge on any atom is -0.406 e. The number of rotatable bonds is 5. The molecule has 0 saturated carbocycles. The lowest BCUT2D eigenvalue weighted by Gasteiger charge is -2.10. The normalized spacial score (nSPS) is 11.8. The Bertz CT molecular complexity index is 1670. The number of ether oxygens (including phenoxy) is 1. The smallest absolute Gasteiger partial charge is 0.406 e. The topological polar surface area (TPSA) is 76.4 Å². The zero-order valence-electron chi connectivity index (χ0n) is 19.0. The van der Waals surface area contributed by atoms with Crippen molar-refractivity contribution in [2.24, 2.45) is 5.10 Å². The van der Waals surface area contributed by atoms with Crippen LogP contribution in [0.15, 0.2) is 77.9 Å². The first-order valence-corrected chi connectivity index (χ1v) is 12.0. The Kier molecular flexibility index (Phi) is 7.06. The predicted octanol–water partition coefficient (Wildman–Crippen LogP) is 7.10. The lowest BCUT2D eigenvalue weighted by molar-refractivity contribution is -0.274. The molecule has 0 unspecified atom stereocenters. The lowest BCUT2D eigenvalue weighted by atomic mass is 10.1. The number of alkyl halides is 3. The van der Waals surface area contributed by atoms with Gasteiger partial charge in [-0.3, -0.25) is 5.43 Å². The molecule has 0 saturated heterocycles. The number of nitrogens with zero attached hydrogens (tertiary/aromatic N) is 4. The first-order valence-electron chi connectivity index (χ1n) is 10.9. The van der Waals surface area contributed by atoms with Gasteiger partial charge >= 0.3 is 6.36 Å². The van der Waals surface area contributed by atoms with Crippen LogP contribution >= 0.6 is 35.4 Å². The maximum atomic E-state index is 12.4. The summed E-state index contributed by atoms with van der Waals surface area (Å²) in [5.41, 5.74) is 5.89. The van der Waals surface area contributed by atoms with Gasteiger partial charge in [0.2, 0.25) is 0 Å². The predicted molar refractivity (Wildman–Crippen MR) is 146 cm³/mol. The SMILES string of the molecule is FC(F)(F)Oc1ccc(-n2nnc3c4ccc(/C=N/NC(=S)Nc5c(Cl)cccc5Cl)cc4ccc32)cc1. The molecule has 4 aromatic carbocycles. The van der Waals surface area contributed by atoms with Crippen LogP contribution in [0.3, 0.4) is 0 Å².